The van der Waals surface area contributed by atoms with Gasteiger partial charge < -0.3 is 14.6 Å². The first-order valence-electron chi connectivity index (χ1n) is 9.78. The first-order valence-corrected chi connectivity index (χ1v) is 9.78. The first-order chi connectivity index (χ1) is 13.7. The van der Waals surface area contributed by atoms with E-state index in [-0.39, 0.29) is 17.8 Å². The molecule has 0 saturated carbocycles. The van der Waals surface area contributed by atoms with Gasteiger partial charge in [0.1, 0.15) is 6.10 Å². The van der Waals surface area contributed by atoms with Gasteiger partial charge in [-0.05, 0) is 36.5 Å². The number of carbonyl (C=O) groups excluding carboxylic acids is 1. The molecule has 1 heterocycles. The number of rotatable bonds is 9. The van der Waals surface area contributed by atoms with Crippen molar-refractivity contribution in [2.45, 2.75) is 46.8 Å². The topological polar surface area (TPSA) is 85.7 Å². The molecule has 156 valence electrons. The van der Waals surface area contributed by atoms with Gasteiger partial charge in [-0.1, -0.05) is 51.1 Å². The summed E-state index contributed by atoms with van der Waals surface area (Å²) in [6, 6.07) is 9.77. The van der Waals surface area contributed by atoms with Crippen molar-refractivity contribution in [3.05, 3.63) is 47.7 Å². The number of carboxylic acids is 1. The lowest BCUT2D eigenvalue weighted by Crippen LogP contribution is -2.30. The SMILES string of the molecule is CC(=O)O[C@H](C)c1ccc2ccc(C=CC(C)CO[C@H](C(=O)O)C(C)C)cc2n1. The number of carbonyl (C=O) groups is 2. The molecule has 0 aliphatic rings. The second-order valence-corrected chi connectivity index (χ2v) is 7.61. The molecule has 1 N–H and O–H groups in total. The molecular formula is C23H29NO5. The van der Waals surface area contributed by atoms with Crippen molar-refractivity contribution in [3.8, 4) is 0 Å². The third-order valence-electron chi connectivity index (χ3n) is 4.50. The molecule has 0 fully saturated rings. The predicted octanol–water partition coefficient (Wildman–Crippen LogP) is 4.63. The average molecular weight is 399 g/mol. The highest BCUT2D eigenvalue weighted by atomic mass is 16.5. The van der Waals surface area contributed by atoms with Crippen LogP contribution in [0.15, 0.2) is 36.4 Å². The molecular weight excluding hydrogens is 370 g/mol. The van der Waals surface area contributed by atoms with Gasteiger partial charge in [-0.25, -0.2) is 9.78 Å². The normalized spacial score (nSPS) is 14.8. The molecule has 0 spiro atoms. The van der Waals surface area contributed by atoms with Crippen LogP contribution in [0.1, 0.15) is 52.0 Å². The van der Waals surface area contributed by atoms with E-state index in [1.54, 1.807) is 6.92 Å². The molecule has 0 amide bonds. The van der Waals surface area contributed by atoms with E-state index in [1.807, 2.05) is 63.3 Å². The van der Waals surface area contributed by atoms with Crippen molar-refractivity contribution in [2.75, 3.05) is 6.61 Å². The number of hydrogen-bond donors (Lipinski definition) is 1. The number of aliphatic carboxylic acids is 1. The molecule has 2 aromatic rings. The third-order valence-corrected chi connectivity index (χ3v) is 4.50. The van der Waals surface area contributed by atoms with Crippen molar-refractivity contribution >= 4 is 28.9 Å². The quantitative estimate of drug-likeness (QED) is 0.619. The maximum atomic E-state index is 11.2. The molecule has 6 heteroatoms. The summed E-state index contributed by atoms with van der Waals surface area (Å²) in [5.74, 6) is -1.29. The van der Waals surface area contributed by atoms with Gasteiger partial charge in [-0.2, -0.15) is 0 Å². The summed E-state index contributed by atoms with van der Waals surface area (Å²) >= 11 is 0. The average Bonchev–Trinajstić information content (AvgIpc) is 2.64. The Morgan fingerprint density at radius 1 is 1.14 bits per heavy atom. The third kappa shape index (κ3) is 6.68. The minimum atomic E-state index is -0.935. The van der Waals surface area contributed by atoms with Crippen LogP contribution >= 0.6 is 0 Å². The Bertz CT molecular complexity index is 890. The molecule has 0 saturated heterocycles. The second-order valence-electron chi connectivity index (χ2n) is 7.61. The smallest absolute Gasteiger partial charge is 0.333 e. The van der Waals surface area contributed by atoms with Crippen LogP contribution in [0.5, 0.6) is 0 Å². The predicted molar refractivity (Wildman–Crippen MR) is 112 cm³/mol. The van der Waals surface area contributed by atoms with Crippen molar-refractivity contribution in [1.29, 1.82) is 0 Å². The summed E-state index contributed by atoms with van der Waals surface area (Å²) in [6.45, 7) is 9.15. The lowest BCUT2D eigenvalue weighted by atomic mass is 10.1. The molecule has 2 rings (SSSR count). The van der Waals surface area contributed by atoms with Gasteiger partial charge in [-0.15, -0.1) is 0 Å². The summed E-state index contributed by atoms with van der Waals surface area (Å²) in [5, 5.41) is 10.2. The van der Waals surface area contributed by atoms with Crippen LogP contribution in [0.3, 0.4) is 0 Å². The molecule has 0 aliphatic heterocycles. The summed E-state index contributed by atoms with van der Waals surface area (Å²) in [4.78, 5) is 27.0. The van der Waals surface area contributed by atoms with Gasteiger partial charge in [0.15, 0.2) is 6.10 Å². The maximum Gasteiger partial charge on any atom is 0.333 e. The minimum absolute atomic E-state index is 0.0644. The van der Waals surface area contributed by atoms with E-state index in [1.165, 1.54) is 6.92 Å². The minimum Gasteiger partial charge on any atom is -0.479 e. The van der Waals surface area contributed by atoms with Gasteiger partial charge in [0.2, 0.25) is 0 Å². The number of hydrogen-bond acceptors (Lipinski definition) is 5. The molecule has 3 atom stereocenters. The summed E-state index contributed by atoms with van der Waals surface area (Å²) < 4.78 is 10.8. The van der Waals surface area contributed by atoms with Crippen molar-refractivity contribution in [3.63, 3.8) is 0 Å². The van der Waals surface area contributed by atoms with Gasteiger partial charge in [0.05, 0.1) is 17.8 Å². The molecule has 0 aliphatic carbocycles. The Hall–Kier alpha value is -2.73. The zero-order valence-electron chi connectivity index (χ0n) is 17.6. The van der Waals surface area contributed by atoms with Crippen LogP contribution in [0.25, 0.3) is 17.0 Å². The zero-order valence-corrected chi connectivity index (χ0v) is 17.6. The number of esters is 1. The lowest BCUT2D eigenvalue weighted by molar-refractivity contribution is -0.154. The van der Waals surface area contributed by atoms with Crippen molar-refractivity contribution in [2.24, 2.45) is 11.8 Å². The number of benzene rings is 1. The van der Waals surface area contributed by atoms with Crippen molar-refractivity contribution < 1.29 is 24.2 Å². The highest BCUT2D eigenvalue weighted by Gasteiger charge is 2.22. The molecule has 0 radical (unpaired) electrons. The Labute approximate surface area is 171 Å². The Kier molecular flexibility index (Phi) is 7.91. The number of ether oxygens (including phenoxy) is 2. The summed E-state index contributed by atoms with van der Waals surface area (Å²) in [7, 11) is 0. The molecule has 29 heavy (non-hydrogen) atoms. The Morgan fingerprint density at radius 3 is 2.45 bits per heavy atom. The van der Waals surface area contributed by atoms with Crippen LogP contribution in [-0.2, 0) is 19.1 Å². The van der Waals surface area contributed by atoms with Crippen LogP contribution in [0.4, 0.5) is 0 Å². The number of nitrogens with zero attached hydrogens (tertiary/aromatic N) is 1. The highest BCUT2D eigenvalue weighted by Crippen LogP contribution is 2.21. The van der Waals surface area contributed by atoms with Gasteiger partial charge in [0, 0.05) is 12.3 Å². The largest absolute Gasteiger partial charge is 0.479 e. The van der Waals surface area contributed by atoms with E-state index < -0.39 is 18.2 Å². The standard InChI is InChI=1S/C23H29NO5/c1-14(2)22(23(26)27)28-13-15(3)6-7-18-8-9-19-10-11-20(24-21(19)12-18)16(4)29-17(5)25/h6-12,14-16,22H,13H2,1-5H3,(H,26,27)/t15?,16-,22+/m1/s1. The van der Waals surface area contributed by atoms with Crippen LogP contribution in [-0.4, -0.2) is 34.7 Å². The molecule has 1 aromatic heterocycles. The maximum absolute atomic E-state index is 11.2. The van der Waals surface area contributed by atoms with E-state index >= 15 is 0 Å². The molecule has 1 aromatic carbocycles. The fraction of sp³-hybridized carbons (Fsp3) is 0.435. The Morgan fingerprint density at radius 2 is 1.83 bits per heavy atom. The molecule has 6 nitrogen and oxygen atoms in total. The zero-order chi connectivity index (χ0) is 21.6. The molecule has 0 bridgehead atoms. The highest BCUT2D eigenvalue weighted by molar-refractivity contribution is 5.81. The fourth-order valence-electron chi connectivity index (χ4n) is 2.92. The van der Waals surface area contributed by atoms with Crippen LogP contribution < -0.4 is 0 Å². The number of carboxylic acid groups (broad SMARTS) is 1. The summed E-state index contributed by atoms with van der Waals surface area (Å²) in [5.41, 5.74) is 2.50. The Balaban J connectivity index is 2.08. The van der Waals surface area contributed by atoms with Crippen LogP contribution in [0, 0.1) is 11.8 Å². The van der Waals surface area contributed by atoms with E-state index in [2.05, 4.69) is 4.98 Å². The lowest BCUT2D eigenvalue weighted by Gasteiger charge is -2.18. The monoisotopic (exact) mass is 399 g/mol. The number of fused-ring (bicyclic) bond motifs is 1. The van der Waals surface area contributed by atoms with Gasteiger partial charge >= 0.3 is 11.9 Å². The van der Waals surface area contributed by atoms with E-state index in [9.17, 15) is 14.7 Å². The van der Waals surface area contributed by atoms with Gasteiger partial charge in [0.25, 0.3) is 0 Å². The van der Waals surface area contributed by atoms with E-state index in [0.717, 1.165) is 16.5 Å². The van der Waals surface area contributed by atoms with Crippen LogP contribution in [0.2, 0.25) is 0 Å². The van der Waals surface area contributed by atoms with Gasteiger partial charge in [-0.3, -0.25) is 4.79 Å². The van der Waals surface area contributed by atoms with E-state index in [0.29, 0.717) is 12.3 Å². The second kappa shape index (κ2) is 10.2. The number of pyridine rings is 1. The fourth-order valence-corrected chi connectivity index (χ4v) is 2.92. The first kappa shape index (κ1) is 22.6. The van der Waals surface area contributed by atoms with Crippen molar-refractivity contribution in [1.82, 2.24) is 4.98 Å². The summed E-state index contributed by atoms with van der Waals surface area (Å²) in [6.07, 6.45) is 2.76. The molecule has 1 unspecified atom stereocenters. The number of aromatic nitrogens is 1. The van der Waals surface area contributed by atoms with E-state index in [4.69, 9.17) is 9.47 Å².